The van der Waals surface area contributed by atoms with E-state index >= 15 is 0 Å². The second-order valence-corrected chi connectivity index (χ2v) is 9.34. The normalized spacial score (nSPS) is 11.2. The van der Waals surface area contributed by atoms with Gasteiger partial charge in [-0.05, 0) is 43.7 Å². The molecule has 0 aliphatic heterocycles. The Morgan fingerprint density at radius 1 is 0.969 bits per heavy atom. The first-order valence-corrected chi connectivity index (χ1v) is 12.0. The smallest absolute Gasteiger partial charge is 0.267 e. The zero-order valence-electron chi connectivity index (χ0n) is 17.6. The summed E-state index contributed by atoms with van der Waals surface area (Å²) >= 11 is 3.12. The molecule has 0 saturated carbocycles. The molecule has 0 aliphatic carbocycles. The van der Waals surface area contributed by atoms with Gasteiger partial charge in [-0.1, -0.05) is 53.7 Å². The van der Waals surface area contributed by atoms with Crippen LogP contribution in [0.25, 0.3) is 27.3 Å². The summed E-state index contributed by atoms with van der Waals surface area (Å²) in [6, 6.07) is 19.6. The number of pyridine rings is 1. The van der Waals surface area contributed by atoms with Crippen LogP contribution in [-0.2, 0) is 5.75 Å². The van der Waals surface area contributed by atoms with Crippen LogP contribution >= 0.6 is 23.1 Å². The zero-order chi connectivity index (χ0) is 22.1. The van der Waals surface area contributed by atoms with Crippen LogP contribution < -0.4 is 5.56 Å². The van der Waals surface area contributed by atoms with E-state index in [1.54, 1.807) is 28.2 Å². The third-order valence-electron chi connectivity index (χ3n) is 5.07. The monoisotopic (exact) mass is 456 g/mol. The minimum absolute atomic E-state index is 0.116. The molecule has 32 heavy (non-hydrogen) atoms. The average molecular weight is 457 g/mol. The lowest BCUT2D eigenvalue weighted by Gasteiger charge is -2.12. The topological polar surface area (TPSA) is 60.7 Å². The van der Waals surface area contributed by atoms with Crippen LogP contribution in [0.5, 0.6) is 0 Å². The van der Waals surface area contributed by atoms with E-state index in [9.17, 15) is 4.79 Å². The summed E-state index contributed by atoms with van der Waals surface area (Å²) in [5.41, 5.74) is 4.90. The van der Waals surface area contributed by atoms with Gasteiger partial charge in [0.1, 0.15) is 10.8 Å². The van der Waals surface area contributed by atoms with Gasteiger partial charge in [0.15, 0.2) is 5.16 Å². The highest BCUT2D eigenvalue weighted by Crippen LogP contribution is 2.28. The molecule has 0 aliphatic rings. The number of thioether (sulfide) groups is 1. The highest BCUT2D eigenvalue weighted by molar-refractivity contribution is 7.98. The number of thiazole rings is 1. The summed E-state index contributed by atoms with van der Waals surface area (Å²) in [5, 5.41) is 4.24. The van der Waals surface area contributed by atoms with Crippen LogP contribution in [0, 0.1) is 13.8 Å². The highest BCUT2D eigenvalue weighted by Gasteiger charge is 2.15. The number of fused-ring (bicyclic) bond motifs is 1. The Kier molecular flexibility index (Phi) is 5.59. The minimum atomic E-state index is -0.116. The fourth-order valence-corrected chi connectivity index (χ4v) is 5.22. The van der Waals surface area contributed by atoms with Gasteiger partial charge in [-0.3, -0.25) is 4.79 Å². The number of rotatable bonds is 5. The Bertz CT molecular complexity index is 1470. The van der Waals surface area contributed by atoms with Gasteiger partial charge >= 0.3 is 0 Å². The Hall–Kier alpha value is -3.29. The summed E-state index contributed by atoms with van der Waals surface area (Å²) in [6.45, 7) is 4.06. The molecule has 0 radical (unpaired) electrons. The van der Waals surface area contributed by atoms with Crippen molar-refractivity contribution < 1.29 is 0 Å². The molecular formula is C25H20N4OS2. The van der Waals surface area contributed by atoms with Crippen molar-refractivity contribution in [3.63, 3.8) is 0 Å². The van der Waals surface area contributed by atoms with Crippen molar-refractivity contribution in [2.75, 3.05) is 0 Å². The number of hydrogen-bond donors (Lipinski definition) is 0. The number of para-hydroxylation sites is 1. The zero-order valence-corrected chi connectivity index (χ0v) is 19.3. The van der Waals surface area contributed by atoms with Gasteiger partial charge < -0.3 is 0 Å². The van der Waals surface area contributed by atoms with Gasteiger partial charge in [0, 0.05) is 22.9 Å². The molecule has 0 fully saturated rings. The molecule has 7 heteroatoms. The van der Waals surface area contributed by atoms with E-state index in [-0.39, 0.29) is 5.56 Å². The van der Waals surface area contributed by atoms with Crippen molar-refractivity contribution in [3.8, 4) is 16.4 Å². The Labute approximate surface area is 193 Å². The number of aromatic nitrogens is 4. The average Bonchev–Trinajstić information content (AvgIpc) is 3.27. The Morgan fingerprint density at radius 3 is 2.59 bits per heavy atom. The van der Waals surface area contributed by atoms with E-state index in [0.717, 1.165) is 21.8 Å². The third-order valence-corrected chi connectivity index (χ3v) is 6.99. The van der Waals surface area contributed by atoms with Crippen LogP contribution in [0.3, 0.4) is 0 Å². The molecule has 2 aromatic carbocycles. The van der Waals surface area contributed by atoms with Crippen LogP contribution in [0.2, 0.25) is 0 Å². The lowest BCUT2D eigenvalue weighted by molar-refractivity contribution is 0.794. The maximum atomic E-state index is 13.3. The molecule has 5 rings (SSSR count). The van der Waals surface area contributed by atoms with Crippen LogP contribution in [0.4, 0.5) is 0 Å². The molecule has 0 spiro atoms. The molecule has 0 saturated heterocycles. The van der Waals surface area contributed by atoms with Gasteiger partial charge in [-0.25, -0.2) is 19.5 Å². The van der Waals surface area contributed by atoms with E-state index in [1.165, 1.54) is 17.3 Å². The maximum Gasteiger partial charge on any atom is 0.267 e. The first kappa shape index (κ1) is 20.6. The predicted octanol–water partition coefficient (Wildman–Crippen LogP) is 5.81. The van der Waals surface area contributed by atoms with Crippen molar-refractivity contribution in [2.45, 2.75) is 24.8 Å². The molecule has 0 N–H and O–H groups in total. The van der Waals surface area contributed by atoms with Crippen LogP contribution in [0.1, 0.15) is 16.8 Å². The standard InChI is InChI=1S/C25H20N4OS2/c1-16-7-9-18(10-8-16)23-27-19(14-31-23)15-32-25-28-21-6-4-3-5-20(21)24(30)29(25)22-13-17(2)11-12-26-22/h3-14H,15H2,1-2H3. The van der Waals surface area contributed by atoms with E-state index in [0.29, 0.717) is 27.6 Å². The highest BCUT2D eigenvalue weighted by atomic mass is 32.2. The molecule has 158 valence electrons. The number of hydrogen-bond acceptors (Lipinski definition) is 6. The first-order valence-electron chi connectivity index (χ1n) is 10.2. The van der Waals surface area contributed by atoms with Gasteiger partial charge in [0.05, 0.1) is 16.6 Å². The summed E-state index contributed by atoms with van der Waals surface area (Å²) in [6.07, 6.45) is 1.72. The van der Waals surface area contributed by atoms with Crippen LogP contribution in [-0.4, -0.2) is 19.5 Å². The number of nitrogens with zero attached hydrogens (tertiary/aromatic N) is 4. The first-order chi connectivity index (χ1) is 15.6. The van der Waals surface area contributed by atoms with Crippen molar-refractivity contribution in [2.24, 2.45) is 0 Å². The molecular weight excluding hydrogens is 436 g/mol. The summed E-state index contributed by atoms with van der Waals surface area (Å²) in [5.74, 6) is 1.19. The second kappa shape index (κ2) is 8.68. The predicted molar refractivity (Wildman–Crippen MR) is 132 cm³/mol. The lowest BCUT2D eigenvalue weighted by atomic mass is 10.2. The summed E-state index contributed by atoms with van der Waals surface area (Å²) in [4.78, 5) is 27.4. The maximum absolute atomic E-state index is 13.3. The van der Waals surface area contributed by atoms with Crippen molar-refractivity contribution in [1.29, 1.82) is 0 Å². The third kappa shape index (κ3) is 4.09. The SMILES string of the molecule is Cc1ccc(-c2nc(CSc3nc4ccccc4c(=O)n3-c3cc(C)ccn3)cs2)cc1. The van der Waals surface area contributed by atoms with Crippen LogP contribution in [0.15, 0.2) is 82.2 Å². The molecule has 0 atom stereocenters. The van der Waals surface area contributed by atoms with Gasteiger partial charge in [0.25, 0.3) is 5.56 Å². The molecule has 5 nitrogen and oxygen atoms in total. The van der Waals surface area contributed by atoms with Gasteiger partial charge in [-0.15, -0.1) is 11.3 Å². The van der Waals surface area contributed by atoms with E-state index in [4.69, 9.17) is 9.97 Å². The van der Waals surface area contributed by atoms with E-state index in [2.05, 4.69) is 41.6 Å². The van der Waals surface area contributed by atoms with Gasteiger partial charge in [-0.2, -0.15) is 0 Å². The van der Waals surface area contributed by atoms with Crippen molar-refractivity contribution in [1.82, 2.24) is 19.5 Å². The Balaban J connectivity index is 1.51. The molecule has 3 aromatic heterocycles. The molecule has 0 unspecified atom stereocenters. The largest absolute Gasteiger partial charge is 0.268 e. The quantitative estimate of drug-likeness (QED) is 0.247. The molecule has 0 amide bonds. The Morgan fingerprint density at radius 2 is 1.78 bits per heavy atom. The minimum Gasteiger partial charge on any atom is -0.268 e. The second-order valence-electron chi connectivity index (χ2n) is 7.54. The van der Waals surface area contributed by atoms with E-state index in [1.807, 2.05) is 37.3 Å². The summed E-state index contributed by atoms with van der Waals surface area (Å²) < 4.78 is 1.60. The molecule has 0 bridgehead atoms. The van der Waals surface area contributed by atoms with Crippen molar-refractivity contribution >= 4 is 34.0 Å². The van der Waals surface area contributed by atoms with E-state index < -0.39 is 0 Å². The fraction of sp³-hybridized carbons (Fsp3) is 0.120. The summed E-state index contributed by atoms with van der Waals surface area (Å²) in [7, 11) is 0. The number of benzene rings is 2. The fourth-order valence-electron chi connectivity index (χ4n) is 3.39. The molecule has 3 heterocycles. The van der Waals surface area contributed by atoms with Gasteiger partial charge in [0.2, 0.25) is 0 Å². The van der Waals surface area contributed by atoms with Crippen molar-refractivity contribution in [3.05, 3.63) is 99.4 Å². The lowest BCUT2D eigenvalue weighted by Crippen LogP contribution is -2.22. The molecule has 5 aromatic rings. The number of aryl methyl sites for hydroxylation is 2.